The SMILES string of the molecule is CCOC(=O)c1c(NC(=O)C(F)(F)C(F)(F)C(F)(F)F)sc2ccccc12. The number of fused-ring (bicyclic) bond motifs is 1. The molecule has 1 aromatic carbocycles. The van der Waals surface area contributed by atoms with Gasteiger partial charge in [0.15, 0.2) is 0 Å². The lowest BCUT2D eigenvalue weighted by Crippen LogP contribution is -2.57. The maximum atomic E-state index is 13.5. The molecule has 0 atom stereocenters. The summed E-state index contributed by atoms with van der Waals surface area (Å²) < 4.78 is 94.8. The van der Waals surface area contributed by atoms with Gasteiger partial charge in [-0.25, -0.2) is 4.79 Å². The summed E-state index contributed by atoms with van der Waals surface area (Å²) in [5, 5.41) is 0.834. The van der Waals surface area contributed by atoms with Gasteiger partial charge in [0.05, 0.1) is 6.61 Å². The Kier molecular flexibility index (Phi) is 5.41. The number of carbonyl (C=O) groups is 2. The van der Waals surface area contributed by atoms with E-state index in [0.717, 1.165) is 0 Å². The van der Waals surface area contributed by atoms with Crippen molar-refractivity contribution in [2.24, 2.45) is 0 Å². The van der Waals surface area contributed by atoms with Gasteiger partial charge in [-0.15, -0.1) is 11.3 Å². The maximum absolute atomic E-state index is 13.5. The number of anilines is 1. The summed E-state index contributed by atoms with van der Waals surface area (Å²) in [5.74, 6) is -16.7. The minimum atomic E-state index is -6.65. The second kappa shape index (κ2) is 6.98. The molecule has 1 amide bonds. The fraction of sp³-hybridized carbons (Fsp3) is 0.333. The van der Waals surface area contributed by atoms with Gasteiger partial charge in [0.1, 0.15) is 10.6 Å². The van der Waals surface area contributed by atoms with Crippen LogP contribution in [0.2, 0.25) is 0 Å². The monoisotopic (exact) mass is 417 g/mol. The van der Waals surface area contributed by atoms with E-state index >= 15 is 0 Å². The third-order valence-corrected chi connectivity index (χ3v) is 4.42. The Morgan fingerprint density at radius 3 is 2.22 bits per heavy atom. The smallest absolute Gasteiger partial charge is 0.460 e. The van der Waals surface area contributed by atoms with Gasteiger partial charge in [-0.05, 0) is 13.0 Å². The van der Waals surface area contributed by atoms with Crippen LogP contribution in [0.15, 0.2) is 24.3 Å². The summed E-state index contributed by atoms with van der Waals surface area (Å²) in [4.78, 5) is 23.6. The van der Waals surface area contributed by atoms with Gasteiger partial charge in [0, 0.05) is 10.1 Å². The molecule has 27 heavy (non-hydrogen) atoms. The highest BCUT2D eigenvalue weighted by molar-refractivity contribution is 7.23. The predicted molar refractivity (Wildman–Crippen MR) is 82.4 cm³/mol. The fourth-order valence-electron chi connectivity index (χ4n) is 2.04. The average Bonchev–Trinajstić information content (AvgIpc) is 2.91. The van der Waals surface area contributed by atoms with Crippen LogP contribution in [0.25, 0.3) is 10.1 Å². The number of hydrogen-bond acceptors (Lipinski definition) is 4. The zero-order chi connectivity index (χ0) is 20.6. The van der Waals surface area contributed by atoms with Crippen LogP contribution < -0.4 is 5.32 Å². The van der Waals surface area contributed by atoms with Crippen molar-refractivity contribution < 1.29 is 45.1 Å². The summed E-state index contributed by atoms with van der Waals surface area (Å²) in [6, 6.07) is 5.78. The van der Waals surface area contributed by atoms with E-state index < -0.39 is 40.5 Å². The van der Waals surface area contributed by atoms with Crippen LogP contribution in [0.5, 0.6) is 0 Å². The molecule has 4 nitrogen and oxygen atoms in total. The fourth-order valence-corrected chi connectivity index (χ4v) is 3.13. The van der Waals surface area contributed by atoms with Crippen molar-refractivity contribution >= 4 is 38.3 Å². The number of carbonyl (C=O) groups excluding carboxylic acids is 2. The maximum Gasteiger partial charge on any atom is 0.460 e. The minimum Gasteiger partial charge on any atom is -0.462 e. The first-order chi connectivity index (χ1) is 12.3. The molecule has 2 aromatic rings. The molecule has 1 heterocycles. The Labute approximate surface area is 150 Å². The summed E-state index contributed by atoms with van der Waals surface area (Å²) in [7, 11) is 0. The van der Waals surface area contributed by atoms with E-state index in [1.807, 2.05) is 0 Å². The first kappa shape index (κ1) is 20.9. The van der Waals surface area contributed by atoms with E-state index in [1.54, 1.807) is 0 Å². The third-order valence-electron chi connectivity index (χ3n) is 3.34. The van der Waals surface area contributed by atoms with E-state index in [1.165, 1.54) is 36.5 Å². The van der Waals surface area contributed by atoms with E-state index in [2.05, 4.69) is 0 Å². The minimum absolute atomic E-state index is 0.126. The molecule has 1 N–H and O–H groups in total. The molecule has 0 radical (unpaired) electrons. The molecule has 2 rings (SSSR count). The highest BCUT2D eigenvalue weighted by atomic mass is 32.1. The second-order valence-electron chi connectivity index (χ2n) is 5.12. The van der Waals surface area contributed by atoms with Crippen molar-refractivity contribution in [3.8, 4) is 0 Å². The van der Waals surface area contributed by atoms with Crippen molar-refractivity contribution in [2.75, 3.05) is 11.9 Å². The van der Waals surface area contributed by atoms with E-state index in [-0.39, 0.29) is 12.0 Å². The number of nitrogens with one attached hydrogen (secondary N) is 1. The molecule has 0 saturated heterocycles. The molecule has 1 aromatic heterocycles. The Hall–Kier alpha value is -2.37. The molecule has 0 aliphatic heterocycles. The van der Waals surface area contributed by atoms with Crippen LogP contribution in [-0.4, -0.2) is 36.5 Å². The van der Waals surface area contributed by atoms with Gasteiger partial charge in [-0.2, -0.15) is 30.7 Å². The zero-order valence-electron chi connectivity index (χ0n) is 13.3. The number of halogens is 7. The summed E-state index contributed by atoms with van der Waals surface area (Å²) >= 11 is 0.548. The lowest BCUT2D eigenvalue weighted by molar-refractivity contribution is -0.343. The average molecular weight is 417 g/mol. The Morgan fingerprint density at radius 2 is 1.67 bits per heavy atom. The van der Waals surface area contributed by atoms with Crippen LogP contribution in [0, 0.1) is 0 Å². The summed E-state index contributed by atoms with van der Waals surface area (Å²) in [6.45, 7) is 1.31. The van der Waals surface area contributed by atoms with Gasteiger partial charge in [0.25, 0.3) is 0 Å². The van der Waals surface area contributed by atoms with Crippen molar-refractivity contribution in [1.82, 2.24) is 0 Å². The number of thiophene rings is 1. The van der Waals surface area contributed by atoms with Gasteiger partial charge in [0.2, 0.25) is 0 Å². The molecule has 0 spiro atoms. The first-order valence-corrected chi connectivity index (χ1v) is 7.98. The topological polar surface area (TPSA) is 55.4 Å². The lowest BCUT2D eigenvalue weighted by Gasteiger charge is -2.26. The van der Waals surface area contributed by atoms with Crippen molar-refractivity contribution in [3.05, 3.63) is 29.8 Å². The van der Waals surface area contributed by atoms with Gasteiger partial charge in [-0.1, -0.05) is 18.2 Å². The zero-order valence-corrected chi connectivity index (χ0v) is 14.1. The number of benzene rings is 1. The molecule has 0 aliphatic carbocycles. The van der Waals surface area contributed by atoms with Crippen LogP contribution >= 0.6 is 11.3 Å². The van der Waals surface area contributed by atoms with E-state index in [9.17, 15) is 40.3 Å². The molecule has 0 saturated carbocycles. The molecular formula is C15H10F7NO3S. The van der Waals surface area contributed by atoms with Crippen LogP contribution in [-0.2, 0) is 9.53 Å². The Bertz CT molecular complexity index is 876. The van der Waals surface area contributed by atoms with Crippen molar-refractivity contribution in [1.29, 1.82) is 0 Å². The lowest BCUT2D eigenvalue weighted by atomic mass is 10.1. The highest BCUT2D eigenvalue weighted by Gasteiger charge is 2.76. The molecule has 0 unspecified atom stereocenters. The molecule has 0 aliphatic rings. The quantitative estimate of drug-likeness (QED) is 0.559. The highest BCUT2D eigenvalue weighted by Crippen LogP contribution is 2.47. The molecule has 148 valence electrons. The first-order valence-electron chi connectivity index (χ1n) is 7.17. The predicted octanol–water partition coefficient (Wildman–Crippen LogP) is 4.85. The number of hydrogen-bond donors (Lipinski definition) is 1. The van der Waals surface area contributed by atoms with E-state index in [0.29, 0.717) is 16.0 Å². The van der Waals surface area contributed by atoms with Gasteiger partial charge < -0.3 is 10.1 Å². The standard InChI is InChI=1S/C15H10F7NO3S/c1-2-26-11(24)9-7-5-3-4-6-8(7)27-10(9)23-12(25)13(16,17)14(18,19)15(20,21)22/h3-6H,2H2,1H3,(H,23,25). The van der Waals surface area contributed by atoms with Crippen LogP contribution in [0.4, 0.5) is 35.7 Å². The largest absolute Gasteiger partial charge is 0.462 e. The van der Waals surface area contributed by atoms with E-state index in [4.69, 9.17) is 4.74 Å². The number of esters is 1. The molecule has 12 heteroatoms. The number of alkyl halides is 7. The van der Waals surface area contributed by atoms with Crippen molar-refractivity contribution in [2.45, 2.75) is 24.9 Å². The molecule has 0 fully saturated rings. The summed E-state index contributed by atoms with van der Waals surface area (Å²) in [6.07, 6.45) is -6.65. The normalized spacial score (nSPS) is 12.9. The molecule has 0 bridgehead atoms. The third kappa shape index (κ3) is 3.57. The number of rotatable bonds is 5. The number of ether oxygens (including phenoxy) is 1. The Balaban J connectivity index is 2.48. The van der Waals surface area contributed by atoms with Gasteiger partial charge in [-0.3, -0.25) is 4.79 Å². The summed E-state index contributed by atoms with van der Waals surface area (Å²) in [5.41, 5.74) is -0.420. The van der Waals surface area contributed by atoms with Crippen molar-refractivity contribution in [3.63, 3.8) is 0 Å². The second-order valence-corrected chi connectivity index (χ2v) is 6.18. The van der Waals surface area contributed by atoms with Crippen LogP contribution in [0.3, 0.4) is 0 Å². The van der Waals surface area contributed by atoms with Crippen LogP contribution in [0.1, 0.15) is 17.3 Å². The Morgan fingerprint density at radius 1 is 1.07 bits per heavy atom. The number of amides is 1. The van der Waals surface area contributed by atoms with Gasteiger partial charge >= 0.3 is 29.9 Å². The molecular weight excluding hydrogens is 407 g/mol.